The summed E-state index contributed by atoms with van der Waals surface area (Å²) in [4.78, 5) is 0. The van der Waals surface area contributed by atoms with Crippen LogP contribution in [0.5, 0.6) is 17.2 Å². The van der Waals surface area contributed by atoms with E-state index in [1.54, 1.807) is 31.5 Å². The molecular formula is C21H24ClN3O3S. The molecule has 154 valence electrons. The minimum Gasteiger partial charge on any atom is -0.497 e. The average Bonchev–Trinajstić information content (AvgIpc) is 2.73. The summed E-state index contributed by atoms with van der Waals surface area (Å²) in [5.74, 6) is 2.26. The summed E-state index contributed by atoms with van der Waals surface area (Å²) in [6, 6.07) is 12.8. The molecular weight excluding hydrogens is 410 g/mol. The van der Waals surface area contributed by atoms with Gasteiger partial charge in [0.1, 0.15) is 17.2 Å². The van der Waals surface area contributed by atoms with Crippen LogP contribution in [0.25, 0.3) is 0 Å². The highest BCUT2D eigenvalue weighted by molar-refractivity contribution is 7.80. The summed E-state index contributed by atoms with van der Waals surface area (Å²) in [6.45, 7) is 5.20. The van der Waals surface area contributed by atoms with E-state index >= 15 is 0 Å². The highest BCUT2D eigenvalue weighted by Crippen LogP contribution is 2.22. The second kappa shape index (κ2) is 12.6. The number of halogens is 1. The van der Waals surface area contributed by atoms with Gasteiger partial charge in [0, 0.05) is 23.6 Å². The number of rotatable bonds is 11. The summed E-state index contributed by atoms with van der Waals surface area (Å²) in [5.41, 5.74) is 3.47. The molecule has 0 atom stereocenters. The van der Waals surface area contributed by atoms with Gasteiger partial charge in [0.05, 0.1) is 26.5 Å². The Bertz CT molecular complexity index is 828. The maximum atomic E-state index is 6.08. The molecule has 8 heteroatoms. The highest BCUT2D eigenvalue weighted by atomic mass is 35.5. The maximum absolute atomic E-state index is 6.08. The Morgan fingerprint density at radius 2 is 1.86 bits per heavy atom. The molecule has 0 radical (unpaired) electrons. The van der Waals surface area contributed by atoms with Gasteiger partial charge in [-0.1, -0.05) is 17.7 Å². The van der Waals surface area contributed by atoms with Crippen molar-refractivity contribution >= 4 is 35.1 Å². The van der Waals surface area contributed by atoms with Crippen molar-refractivity contribution in [3.63, 3.8) is 0 Å². The van der Waals surface area contributed by atoms with Gasteiger partial charge in [0.25, 0.3) is 0 Å². The smallest absolute Gasteiger partial charge is 0.187 e. The van der Waals surface area contributed by atoms with E-state index in [9.17, 15) is 0 Å². The Morgan fingerprint density at radius 3 is 2.59 bits per heavy atom. The van der Waals surface area contributed by atoms with Crippen LogP contribution in [0, 0.1) is 0 Å². The van der Waals surface area contributed by atoms with Crippen molar-refractivity contribution in [1.29, 1.82) is 0 Å². The molecule has 0 fully saturated rings. The zero-order valence-corrected chi connectivity index (χ0v) is 17.8. The monoisotopic (exact) mass is 433 g/mol. The first-order valence-electron chi connectivity index (χ1n) is 8.99. The number of methoxy groups -OCH3 is 1. The molecule has 0 saturated heterocycles. The lowest BCUT2D eigenvalue weighted by atomic mass is 10.2. The van der Waals surface area contributed by atoms with E-state index in [0.29, 0.717) is 35.6 Å². The van der Waals surface area contributed by atoms with Gasteiger partial charge in [-0.3, -0.25) is 5.43 Å². The Labute approximate surface area is 181 Å². The summed E-state index contributed by atoms with van der Waals surface area (Å²) in [7, 11) is 1.63. The standard InChI is InChI=1S/C21H24ClN3O3S/c1-3-11-23-21(29)25-24-15-16-14-17(22)5-10-20(16)28-13-4-12-27-19-8-6-18(26-2)7-9-19/h3,5-10,14-15H,1,4,11-13H2,2H3,(H2,23,25,29). The van der Waals surface area contributed by atoms with Crippen molar-refractivity contribution in [2.45, 2.75) is 6.42 Å². The van der Waals surface area contributed by atoms with Crippen LogP contribution in [0.1, 0.15) is 12.0 Å². The highest BCUT2D eigenvalue weighted by Gasteiger charge is 2.04. The van der Waals surface area contributed by atoms with Crippen LogP contribution in [0.2, 0.25) is 5.02 Å². The molecule has 0 bridgehead atoms. The molecule has 2 N–H and O–H groups in total. The SMILES string of the molecule is C=CCNC(=S)NN=Cc1cc(Cl)ccc1OCCCOc1ccc(OC)cc1. The minimum absolute atomic E-state index is 0.404. The summed E-state index contributed by atoms with van der Waals surface area (Å²) in [6.07, 6.45) is 4.04. The molecule has 0 spiro atoms. The van der Waals surface area contributed by atoms with Gasteiger partial charge in [-0.25, -0.2) is 0 Å². The first-order valence-corrected chi connectivity index (χ1v) is 9.78. The van der Waals surface area contributed by atoms with Gasteiger partial charge in [-0.2, -0.15) is 5.10 Å². The van der Waals surface area contributed by atoms with E-state index in [1.165, 1.54) is 0 Å². The fourth-order valence-corrected chi connectivity index (χ4v) is 2.54. The number of benzene rings is 2. The topological polar surface area (TPSA) is 64.1 Å². The molecule has 0 aliphatic rings. The molecule has 29 heavy (non-hydrogen) atoms. The first-order chi connectivity index (χ1) is 14.1. The molecule has 0 unspecified atom stereocenters. The third-order valence-corrected chi connectivity index (χ3v) is 4.09. The normalized spacial score (nSPS) is 10.4. The van der Waals surface area contributed by atoms with Gasteiger partial charge < -0.3 is 19.5 Å². The van der Waals surface area contributed by atoms with Crippen molar-refractivity contribution < 1.29 is 14.2 Å². The van der Waals surface area contributed by atoms with Gasteiger partial charge in [0.2, 0.25) is 0 Å². The van der Waals surface area contributed by atoms with E-state index in [2.05, 4.69) is 22.4 Å². The molecule has 2 aromatic rings. The summed E-state index contributed by atoms with van der Waals surface area (Å²) in [5, 5.41) is 8.03. The Kier molecular flexibility index (Phi) is 9.82. The van der Waals surface area contributed by atoms with Crippen molar-refractivity contribution in [2.24, 2.45) is 5.10 Å². The fourth-order valence-electron chi connectivity index (χ4n) is 2.22. The Balaban J connectivity index is 1.80. The molecule has 2 aromatic carbocycles. The van der Waals surface area contributed by atoms with Crippen LogP contribution in [0.4, 0.5) is 0 Å². The third-order valence-electron chi connectivity index (χ3n) is 3.62. The van der Waals surface area contributed by atoms with Crippen molar-refractivity contribution in [3.8, 4) is 17.2 Å². The van der Waals surface area contributed by atoms with Gasteiger partial charge >= 0.3 is 0 Å². The fraction of sp³-hybridized carbons (Fsp3) is 0.238. The van der Waals surface area contributed by atoms with Crippen molar-refractivity contribution in [1.82, 2.24) is 10.7 Å². The molecule has 2 rings (SSSR count). The van der Waals surface area contributed by atoms with Crippen LogP contribution in [-0.2, 0) is 0 Å². The Morgan fingerprint density at radius 1 is 1.14 bits per heavy atom. The van der Waals surface area contributed by atoms with Crippen LogP contribution >= 0.6 is 23.8 Å². The lowest BCUT2D eigenvalue weighted by molar-refractivity contribution is 0.247. The van der Waals surface area contributed by atoms with Crippen molar-refractivity contribution in [2.75, 3.05) is 26.9 Å². The van der Waals surface area contributed by atoms with E-state index < -0.39 is 0 Å². The summed E-state index contributed by atoms with van der Waals surface area (Å²) < 4.78 is 16.7. The average molecular weight is 434 g/mol. The molecule has 0 saturated carbocycles. The molecule has 6 nitrogen and oxygen atoms in total. The molecule has 0 aromatic heterocycles. The lowest BCUT2D eigenvalue weighted by Gasteiger charge is -2.11. The zero-order valence-electron chi connectivity index (χ0n) is 16.2. The number of nitrogens with one attached hydrogen (secondary N) is 2. The van der Waals surface area contributed by atoms with Crippen LogP contribution in [0.15, 0.2) is 60.2 Å². The van der Waals surface area contributed by atoms with Crippen molar-refractivity contribution in [3.05, 3.63) is 65.7 Å². The van der Waals surface area contributed by atoms with Crippen LogP contribution in [-0.4, -0.2) is 38.2 Å². The quantitative estimate of drug-likeness (QED) is 0.182. The lowest BCUT2D eigenvalue weighted by Crippen LogP contribution is -2.31. The molecule has 0 aliphatic heterocycles. The molecule has 0 heterocycles. The van der Waals surface area contributed by atoms with E-state index in [4.69, 9.17) is 38.0 Å². The van der Waals surface area contributed by atoms with Gasteiger partial charge in [-0.15, -0.1) is 6.58 Å². The number of ether oxygens (including phenoxy) is 3. The molecule has 0 aliphatic carbocycles. The van der Waals surface area contributed by atoms with E-state index in [-0.39, 0.29) is 0 Å². The first kappa shape index (κ1) is 22.5. The second-order valence-corrected chi connectivity index (χ2v) is 6.62. The minimum atomic E-state index is 0.404. The largest absolute Gasteiger partial charge is 0.497 e. The predicted molar refractivity (Wildman–Crippen MR) is 122 cm³/mol. The number of hydrogen-bond acceptors (Lipinski definition) is 5. The number of nitrogens with zero attached hydrogens (tertiary/aromatic N) is 1. The van der Waals surface area contributed by atoms with Crippen LogP contribution < -0.4 is 25.0 Å². The van der Waals surface area contributed by atoms with Gasteiger partial charge in [0.15, 0.2) is 5.11 Å². The molecule has 0 amide bonds. The van der Waals surface area contributed by atoms with E-state index in [0.717, 1.165) is 23.5 Å². The summed E-state index contributed by atoms with van der Waals surface area (Å²) >= 11 is 11.2. The number of hydrogen-bond donors (Lipinski definition) is 2. The maximum Gasteiger partial charge on any atom is 0.187 e. The zero-order chi connectivity index (χ0) is 20.9. The van der Waals surface area contributed by atoms with E-state index in [1.807, 2.05) is 30.3 Å². The third kappa shape index (κ3) is 8.41. The number of thiocarbonyl (C=S) groups is 1. The van der Waals surface area contributed by atoms with Crippen LogP contribution in [0.3, 0.4) is 0 Å². The number of hydrazone groups is 1. The Hall–Kier alpha value is -2.77. The predicted octanol–water partition coefficient (Wildman–Crippen LogP) is 4.18. The van der Waals surface area contributed by atoms with Gasteiger partial charge in [-0.05, 0) is 54.7 Å². The second-order valence-electron chi connectivity index (χ2n) is 5.78.